The Morgan fingerprint density at radius 1 is 0.727 bits per heavy atom. The Labute approximate surface area is 317 Å². The maximum atomic E-state index is 12.7. The van der Waals surface area contributed by atoms with Crippen LogP contribution >= 0.6 is 22.7 Å². The van der Waals surface area contributed by atoms with Crippen LogP contribution < -0.4 is 20.1 Å². The molecular weight excluding hydrogens is 831 g/mol. The average Bonchev–Trinajstić information content (AvgIpc) is 3.63. The van der Waals surface area contributed by atoms with Crippen LogP contribution in [0.4, 0.5) is 47.6 Å². The maximum absolute atomic E-state index is 12.7. The number of esters is 1. The van der Waals surface area contributed by atoms with Crippen molar-refractivity contribution in [1.29, 1.82) is 0 Å². The van der Waals surface area contributed by atoms with Crippen molar-refractivity contribution in [2.24, 2.45) is 0 Å². The lowest BCUT2D eigenvalue weighted by Gasteiger charge is -2.09. The van der Waals surface area contributed by atoms with E-state index in [1.165, 1.54) is 19.1 Å². The number of nitrogens with zero attached hydrogens (tertiary/aromatic N) is 2. The molecule has 0 saturated heterocycles. The van der Waals surface area contributed by atoms with Gasteiger partial charge in [-0.1, -0.05) is 0 Å². The standard InChI is InChI=1S/C16H16F3N3O5S2.C14H14F3N3O4S2/c1-9-7-14(28-12(9)4-6-27-10(2)23)29(25,26)22-15(24)21-13-8-11(3-5-20-13)16(17,18)19;1-8-6-12(25-10(8)3-5-21)26(23,24)20-13(22)19-11-7-9(2-4-18-11)14(15,16)17/h3,5,7-8H,4,6H2,1-2H3,(H2,20,21,22,24);2,4,6-7,21H,3,5H2,1H3,(H2,18,19,20,22). The number of carbonyl (C=O) groups is 3. The second-order valence-electron chi connectivity index (χ2n) is 10.9. The summed E-state index contributed by atoms with van der Waals surface area (Å²) in [5, 5.41) is 12.8. The third kappa shape index (κ3) is 13.4. The number of alkyl halides is 6. The van der Waals surface area contributed by atoms with Crippen molar-refractivity contribution in [3.63, 3.8) is 0 Å². The number of nitrogens with one attached hydrogen (secondary N) is 4. The molecule has 4 rings (SSSR count). The van der Waals surface area contributed by atoms with Crippen LogP contribution in [0.25, 0.3) is 0 Å². The summed E-state index contributed by atoms with van der Waals surface area (Å²) in [5.74, 6) is -1.37. The number of thiophene rings is 2. The van der Waals surface area contributed by atoms with E-state index >= 15 is 0 Å². The van der Waals surface area contributed by atoms with Crippen LogP contribution in [0.3, 0.4) is 0 Å². The summed E-state index contributed by atoms with van der Waals surface area (Å²) in [6.07, 6.45) is -7.02. The van der Waals surface area contributed by atoms with Gasteiger partial charge in [-0.15, -0.1) is 22.7 Å². The Hall–Kier alpha value is -4.85. The number of hydrogen-bond acceptors (Lipinski definition) is 13. The van der Waals surface area contributed by atoms with Crippen molar-refractivity contribution >= 4 is 72.4 Å². The van der Waals surface area contributed by atoms with Gasteiger partial charge in [-0.25, -0.2) is 45.8 Å². The number of urea groups is 2. The molecule has 0 spiro atoms. The number of anilines is 2. The predicted molar refractivity (Wildman–Crippen MR) is 186 cm³/mol. The number of aliphatic hydroxyl groups excluding tert-OH is 1. The molecular formula is C30H30F6N6O9S4. The van der Waals surface area contributed by atoms with Crippen LogP contribution in [0.2, 0.25) is 0 Å². The van der Waals surface area contributed by atoms with Crippen LogP contribution in [-0.2, 0) is 54.8 Å². The van der Waals surface area contributed by atoms with E-state index < -0.39 is 73.2 Å². The molecule has 0 aliphatic carbocycles. The molecule has 15 nitrogen and oxygen atoms in total. The monoisotopic (exact) mass is 860 g/mol. The van der Waals surface area contributed by atoms with Crippen molar-refractivity contribution in [2.45, 2.75) is 54.4 Å². The van der Waals surface area contributed by atoms with E-state index in [2.05, 4.69) is 9.97 Å². The number of pyridine rings is 2. The molecule has 55 heavy (non-hydrogen) atoms. The number of carbonyl (C=O) groups excluding carboxylic acids is 3. The van der Waals surface area contributed by atoms with Gasteiger partial charge in [0.25, 0.3) is 20.0 Å². The number of aryl methyl sites for hydroxylation is 2. The van der Waals surface area contributed by atoms with Crippen LogP contribution in [0.15, 0.2) is 57.2 Å². The zero-order valence-electron chi connectivity index (χ0n) is 28.5. The van der Waals surface area contributed by atoms with Gasteiger partial charge in [0.1, 0.15) is 20.1 Å². The predicted octanol–water partition coefficient (Wildman–Crippen LogP) is 5.60. The molecule has 4 heterocycles. The summed E-state index contributed by atoms with van der Waals surface area (Å²) in [4.78, 5) is 42.9. The third-order valence-corrected chi connectivity index (χ3v) is 12.8. The Bertz CT molecular complexity index is 2240. The number of aliphatic hydroxyl groups is 1. The lowest BCUT2D eigenvalue weighted by molar-refractivity contribution is -0.141. The number of rotatable bonds is 11. The molecule has 300 valence electrons. The van der Waals surface area contributed by atoms with Crippen LogP contribution in [0.5, 0.6) is 0 Å². The number of amides is 4. The maximum Gasteiger partial charge on any atom is 0.416 e. The van der Waals surface area contributed by atoms with E-state index in [0.29, 0.717) is 45.5 Å². The molecule has 25 heteroatoms. The van der Waals surface area contributed by atoms with Crippen molar-refractivity contribution in [1.82, 2.24) is 19.4 Å². The minimum atomic E-state index is -4.64. The van der Waals surface area contributed by atoms with Crippen molar-refractivity contribution in [3.05, 3.63) is 80.8 Å². The smallest absolute Gasteiger partial charge is 0.416 e. The molecule has 0 aliphatic rings. The van der Waals surface area contributed by atoms with Gasteiger partial charge < -0.3 is 9.84 Å². The minimum absolute atomic E-state index is 0.0747. The first kappa shape index (κ1) is 44.5. The summed E-state index contributed by atoms with van der Waals surface area (Å²) >= 11 is 1.78. The van der Waals surface area contributed by atoms with E-state index in [9.17, 15) is 57.6 Å². The number of ether oxygens (including phenoxy) is 1. The van der Waals surface area contributed by atoms with Crippen LogP contribution in [0.1, 0.15) is 38.9 Å². The van der Waals surface area contributed by atoms with Crippen molar-refractivity contribution < 1.29 is 67.4 Å². The van der Waals surface area contributed by atoms with Gasteiger partial charge in [0.15, 0.2) is 0 Å². The number of sulfonamides is 2. The Morgan fingerprint density at radius 3 is 1.49 bits per heavy atom. The fourth-order valence-corrected chi connectivity index (χ4v) is 9.07. The molecule has 0 aliphatic heterocycles. The molecule has 0 radical (unpaired) electrons. The van der Waals surface area contributed by atoms with Crippen LogP contribution in [0, 0.1) is 13.8 Å². The SMILES string of the molecule is CC(=O)OCCc1sc(S(=O)(=O)NC(=O)Nc2cc(C(F)(F)F)ccn2)cc1C.Cc1cc(S(=O)(=O)NC(=O)Nc2cc(C(F)(F)F)ccn2)sc1CCO. The average molecular weight is 861 g/mol. The molecule has 0 fully saturated rings. The second kappa shape index (κ2) is 18.2. The normalized spacial score (nSPS) is 11.9. The molecule has 4 aromatic rings. The Balaban J connectivity index is 0.000000297. The molecule has 0 saturated carbocycles. The van der Waals surface area contributed by atoms with Gasteiger partial charge in [-0.3, -0.25) is 15.4 Å². The fourth-order valence-electron chi connectivity index (χ4n) is 4.11. The molecule has 4 amide bonds. The van der Waals surface area contributed by atoms with Gasteiger partial charge in [0, 0.05) is 48.5 Å². The fraction of sp³-hybridized carbons (Fsp3) is 0.300. The molecule has 5 N–H and O–H groups in total. The highest BCUT2D eigenvalue weighted by molar-refractivity contribution is 7.92. The van der Waals surface area contributed by atoms with E-state index in [-0.39, 0.29) is 28.1 Å². The first-order chi connectivity index (χ1) is 25.4. The van der Waals surface area contributed by atoms with E-state index in [1.807, 2.05) is 10.6 Å². The van der Waals surface area contributed by atoms with Gasteiger partial charge in [-0.2, -0.15) is 26.3 Å². The highest BCUT2D eigenvalue weighted by atomic mass is 32.3. The van der Waals surface area contributed by atoms with Gasteiger partial charge >= 0.3 is 30.4 Å². The quantitative estimate of drug-likeness (QED) is 0.0922. The molecule has 0 aromatic carbocycles. The number of hydrogen-bond donors (Lipinski definition) is 5. The van der Waals surface area contributed by atoms with Crippen molar-refractivity contribution in [3.8, 4) is 0 Å². The molecule has 0 bridgehead atoms. The summed E-state index contributed by atoms with van der Waals surface area (Å²) in [6, 6.07) is 2.77. The number of aromatic nitrogens is 2. The second-order valence-corrected chi connectivity index (χ2v) is 17.0. The first-order valence-electron chi connectivity index (χ1n) is 15.1. The highest BCUT2D eigenvalue weighted by Crippen LogP contribution is 2.32. The Kier molecular flexibility index (Phi) is 14.7. The third-order valence-electron chi connectivity index (χ3n) is 6.61. The van der Waals surface area contributed by atoms with E-state index in [1.54, 1.807) is 23.3 Å². The van der Waals surface area contributed by atoms with Gasteiger partial charge in [-0.05, 0) is 61.4 Å². The zero-order valence-corrected chi connectivity index (χ0v) is 31.7. The Morgan fingerprint density at radius 2 is 1.13 bits per heavy atom. The summed E-state index contributed by atoms with van der Waals surface area (Å²) in [5.41, 5.74) is -0.808. The highest BCUT2D eigenvalue weighted by Gasteiger charge is 2.32. The minimum Gasteiger partial charge on any atom is -0.465 e. The topological polar surface area (TPSA) is 223 Å². The summed E-state index contributed by atoms with van der Waals surface area (Å²) in [6.45, 7) is 4.48. The van der Waals surface area contributed by atoms with Gasteiger partial charge in [0.05, 0.1) is 17.7 Å². The first-order valence-corrected chi connectivity index (χ1v) is 19.7. The molecule has 0 unspecified atom stereocenters. The lowest BCUT2D eigenvalue weighted by atomic mass is 10.2. The molecule has 4 aromatic heterocycles. The zero-order chi connectivity index (χ0) is 41.4. The van der Waals surface area contributed by atoms with Gasteiger partial charge in [0.2, 0.25) is 0 Å². The van der Waals surface area contributed by atoms with E-state index in [4.69, 9.17) is 9.84 Å². The van der Waals surface area contributed by atoms with Crippen LogP contribution in [-0.4, -0.2) is 63.2 Å². The van der Waals surface area contributed by atoms with Crippen molar-refractivity contribution in [2.75, 3.05) is 23.8 Å². The van der Waals surface area contributed by atoms with E-state index in [0.717, 1.165) is 41.1 Å². The molecule has 0 atom stereocenters. The lowest BCUT2D eigenvalue weighted by Crippen LogP contribution is -2.34. The summed E-state index contributed by atoms with van der Waals surface area (Å²) in [7, 11) is -8.48. The number of halogens is 6. The summed E-state index contributed by atoms with van der Waals surface area (Å²) < 4.78 is 133. The largest absolute Gasteiger partial charge is 0.465 e.